The van der Waals surface area contributed by atoms with E-state index < -0.39 is 6.10 Å². The summed E-state index contributed by atoms with van der Waals surface area (Å²) < 4.78 is 13.3. The number of aliphatic hydroxyl groups is 1. The molecule has 0 bridgehead atoms. The number of hydrogen-bond acceptors (Lipinski definition) is 7. The zero-order valence-electron chi connectivity index (χ0n) is 19.1. The third-order valence-corrected chi connectivity index (χ3v) is 8.05. The SMILES string of the molecule is CC(C)CC(O)c1cc2nccc(-c3cc(Cl)cc4c3OC(c3onc5c3CNCC5)C4)c2s1. The summed E-state index contributed by atoms with van der Waals surface area (Å²) in [5.74, 6) is 2.04. The average molecular weight is 496 g/mol. The molecule has 0 fully saturated rings. The Bertz CT molecular complexity index is 1380. The van der Waals surface area contributed by atoms with Crippen molar-refractivity contribution in [1.82, 2.24) is 15.5 Å². The summed E-state index contributed by atoms with van der Waals surface area (Å²) in [5.41, 5.74) is 6.02. The Kier molecular flexibility index (Phi) is 5.60. The van der Waals surface area contributed by atoms with Gasteiger partial charge in [-0.3, -0.25) is 4.98 Å². The molecule has 5 heterocycles. The van der Waals surface area contributed by atoms with Crippen molar-refractivity contribution in [2.75, 3.05) is 6.54 Å². The predicted octanol–water partition coefficient (Wildman–Crippen LogP) is 6.01. The molecule has 2 N–H and O–H groups in total. The largest absolute Gasteiger partial charge is 0.481 e. The smallest absolute Gasteiger partial charge is 0.182 e. The predicted molar refractivity (Wildman–Crippen MR) is 133 cm³/mol. The third kappa shape index (κ3) is 3.81. The summed E-state index contributed by atoms with van der Waals surface area (Å²) in [6.07, 6.45) is 3.35. The second kappa shape index (κ2) is 8.64. The van der Waals surface area contributed by atoms with E-state index in [2.05, 4.69) is 29.3 Å². The lowest BCUT2D eigenvalue weighted by molar-refractivity contribution is 0.154. The van der Waals surface area contributed by atoms with Crippen LogP contribution < -0.4 is 10.1 Å². The molecule has 0 saturated carbocycles. The van der Waals surface area contributed by atoms with Gasteiger partial charge >= 0.3 is 0 Å². The number of fused-ring (bicyclic) bond motifs is 3. The van der Waals surface area contributed by atoms with Crippen molar-refractivity contribution in [2.45, 2.75) is 51.9 Å². The number of benzene rings is 1. The van der Waals surface area contributed by atoms with Gasteiger partial charge in [-0.25, -0.2) is 0 Å². The fourth-order valence-electron chi connectivity index (χ4n) is 4.98. The van der Waals surface area contributed by atoms with Crippen molar-refractivity contribution in [3.8, 4) is 16.9 Å². The highest BCUT2D eigenvalue weighted by Crippen LogP contribution is 2.48. The van der Waals surface area contributed by atoms with Crippen LogP contribution in [0, 0.1) is 5.92 Å². The third-order valence-electron chi connectivity index (χ3n) is 6.57. The first-order valence-corrected chi connectivity index (χ1v) is 12.9. The Labute approximate surface area is 206 Å². The molecule has 2 aliphatic heterocycles. The maximum atomic E-state index is 10.7. The van der Waals surface area contributed by atoms with E-state index in [1.54, 1.807) is 17.5 Å². The first-order valence-electron chi connectivity index (χ1n) is 11.7. The lowest BCUT2D eigenvalue weighted by Crippen LogP contribution is -2.24. The van der Waals surface area contributed by atoms with Gasteiger partial charge in [0.05, 0.1) is 22.0 Å². The molecular formula is C26H26ClN3O3S. The normalized spacial score (nSPS) is 18.2. The number of ether oxygens (including phenoxy) is 1. The second-order valence-electron chi connectivity index (χ2n) is 9.52. The van der Waals surface area contributed by atoms with Gasteiger partial charge in [0.1, 0.15) is 5.75 Å². The molecule has 4 aromatic rings. The van der Waals surface area contributed by atoms with Gasteiger partial charge in [-0.1, -0.05) is 30.6 Å². The first kappa shape index (κ1) is 22.0. The molecule has 34 heavy (non-hydrogen) atoms. The van der Waals surface area contributed by atoms with Crippen LogP contribution in [0.1, 0.15) is 59.9 Å². The molecule has 176 valence electrons. The highest BCUT2D eigenvalue weighted by atomic mass is 35.5. The van der Waals surface area contributed by atoms with E-state index in [-0.39, 0.29) is 6.10 Å². The van der Waals surface area contributed by atoms with Crippen molar-refractivity contribution in [3.05, 3.63) is 62.9 Å². The maximum Gasteiger partial charge on any atom is 0.182 e. The summed E-state index contributed by atoms with van der Waals surface area (Å²) in [6.45, 7) is 5.90. The zero-order chi connectivity index (χ0) is 23.4. The molecule has 0 aliphatic carbocycles. The minimum absolute atomic E-state index is 0.229. The Morgan fingerprint density at radius 2 is 2.15 bits per heavy atom. The molecule has 0 radical (unpaired) electrons. The number of pyridine rings is 1. The monoisotopic (exact) mass is 495 g/mol. The maximum absolute atomic E-state index is 10.7. The highest BCUT2D eigenvalue weighted by molar-refractivity contribution is 7.19. The summed E-state index contributed by atoms with van der Waals surface area (Å²) in [4.78, 5) is 5.50. The minimum atomic E-state index is -0.496. The van der Waals surface area contributed by atoms with Crippen molar-refractivity contribution in [2.24, 2.45) is 5.92 Å². The average Bonchev–Trinajstić information content (AvgIpc) is 3.53. The number of nitrogens with zero attached hydrogens (tertiary/aromatic N) is 2. The van der Waals surface area contributed by atoms with Gasteiger partial charge in [0.2, 0.25) is 0 Å². The van der Waals surface area contributed by atoms with Crippen molar-refractivity contribution < 1.29 is 14.4 Å². The number of halogens is 1. The molecular weight excluding hydrogens is 470 g/mol. The van der Waals surface area contributed by atoms with E-state index in [0.717, 1.165) is 80.5 Å². The van der Waals surface area contributed by atoms with Gasteiger partial charge < -0.3 is 19.7 Å². The number of thiophene rings is 1. The van der Waals surface area contributed by atoms with Gasteiger partial charge in [0.15, 0.2) is 11.9 Å². The zero-order valence-corrected chi connectivity index (χ0v) is 20.7. The lowest BCUT2D eigenvalue weighted by atomic mass is 9.99. The number of nitrogens with one attached hydrogen (secondary N) is 1. The van der Waals surface area contributed by atoms with Crippen LogP contribution in [0.2, 0.25) is 5.02 Å². The first-order chi connectivity index (χ1) is 16.5. The van der Waals surface area contributed by atoms with E-state index in [0.29, 0.717) is 17.4 Å². The van der Waals surface area contributed by atoms with E-state index in [1.807, 2.05) is 24.3 Å². The quantitative estimate of drug-likeness (QED) is 0.353. The Morgan fingerprint density at radius 3 is 3.00 bits per heavy atom. The van der Waals surface area contributed by atoms with Crippen LogP contribution in [0.3, 0.4) is 0 Å². The van der Waals surface area contributed by atoms with Gasteiger partial charge in [0.25, 0.3) is 0 Å². The Hall–Kier alpha value is -2.45. The van der Waals surface area contributed by atoms with Crippen LogP contribution in [0.25, 0.3) is 21.3 Å². The molecule has 2 unspecified atom stereocenters. The molecule has 0 saturated heterocycles. The summed E-state index contributed by atoms with van der Waals surface area (Å²) in [7, 11) is 0. The lowest BCUT2D eigenvalue weighted by Gasteiger charge is -2.15. The van der Waals surface area contributed by atoms with E-state index >= 15 is 0 Å². The van der Waals surface area contributed by atoms with Gasteiger partial charge in [-0.15, -0.1) is 11.3 Å². The van der Waals surface area contributed by atoms with Crippen LogP contribution in [-0.2, 0) is 19.4 Å². The Balaban J connectivity index is 1.40. The Morgan fingerprint density at radius 1 is 1.26 bits per heavy atom. The molecule has 2 aliphatic rings. The van der Waals surface area contributed by atoms with E-state index in [9.17, 15) is 5.11 Å². The number of rotatable bonds is 5. The summed E-state index contributed by atoms with van der Waals surface area (Å²) >= 11 is 8.17. The van der Waals surface area contributed by atoms with Gasteiger partial charge in [-0.2, -0.15) is 0 Å². The van der Waals surface area contributed by atoms with Crippen LogP contribution >= 0.6 is 22.9 Å². The van der Waals surface area contributed by atoms with Crippen LogP contribution in [0.15, 0.2) is 35.0 Å². The fourth-order valence-corrected chi connectivity index (χ4v) is 6.37. The molecule has 2 atom stereocenters. The minimum Gasteiger partial charge on any atom is -0.481 e. The van der Waals surface area contributed by atoms with E-state index in [4.69, 9.17) is 20.9 Å². The molecule has 3 aromatic heterocycles. The summed E-state index contributed by atoms with van der Waals surface area (Å²) in [5, 5.41) is 19.1. The number of hydrogen-bond donors (Lipinski definition) is 2. The second-order valence-corrected chi connectivity index (χ2v) is 11.0. The van der Waals surface area contributed by atoms with E-state index in [1.165, 1.54) is 0 Å². The van der Waals surface area contributed by atoms with Crippen molar-refractivity contribution >= 4 is 33.2 Å². The number of aliphatic hydroxyl groups excluding tert-OH is 1. The molecule has 1 aromatic carbocycles. The highest BCUT2D eigenvalue weighted by Gasteiger charge is 2.34. The molecule has 6 rings (SSSR count). The molecule has 0 spiro atoms. The fraction of sp³-hybridized carbons (Fsp3) is 0.385. The standard InChI is InChI=1S/C26H26ClN3O3S/c1-13(2)7-21(31)23-11-20-26(34-23)16(3-6-29-20)17-10-15(27)8-14-9-22(32-24(14)17)25-18-12-28-5-4-19(18)30-33-25/h3,6,8,10-11,13,21-22,28,31H,4-5,7,9,12H2,1-2H3. The molecule has 6 nitrogen and oxygen atoms in total. The van der Waals surface area contributed by atoms with Crippen LogP contribution in [0.5, 0.6) is 5.75 Å². The topological polar surface area (TPSA) is 80.4 Å². The summed E-state index contributed by atoms with van der Waals surface area (Å²) in [6, 6.07) is 7.93. The molecule has 0 amide bonds. The van der Waals surface area contributed by atoms with Crippen molar-refractivity contribution in [1.29, 1.82) is 0 Å². The van der Waals surface area contributed by atoms with Crippen LogP contribution in [-0.4, -0.2) is 21.8 Å². The van der Waals surface area contributed by atoms with Crippen molar-refractivity contribution in [3.63, 3.8) is 0 Å². The van der Waals surface area contributed by atoms with Crippen LogP contribution in [0.4, 0.5) is 0 Å². The number of aromatic nitrogens is 2. The van der Waals surface area contributed by atoms with Gasteiger partial charge in [0, 0.05) is 64.3 Å². The molecule has 8 heteroatoms. The van der Waals surface area contributed by atoms with Gasteiger partial charge in [-0.05, 0) is 36.6 Å².